The number of carbonyl (C=O) groups is 2. The van der Waals surface area contributed by atoms with Gasteiger partial charge in [-0.2, -0.15) is 11.3 Å². The van der Waals surface area contributed by atoms with E-state index in [1.807, 2.05) is 0 Å². The Morgan fingerprint density at radius 2 is 2.09 bits per heavy atom. The molecule has 0 aliphatic carbocycles. The van der Waals surface area contributed by atoms with Gasteiger partial charge in [0.2, 0.25) is 0 Å². The Morgan fingerprint density at radius 1 is 1.32 bits per heavy atom. The molecule has 1 amide bonds. The summed E-state index contributed by atoms with van der Waals surface area (Å²) in [7, 11) is 1.49. The van der Waals surface area contributed by atoms with Crippen molar-refractivity contribution in [3.63, 3.8) is 0 Å². The standard InChI is InChI=1S/C15H14ClNO4S/c1-9(21-15(19)10-5-6-22-8-10)14(18)17-12-7-11(16)3-4-13(12)20-2/h3-9H,1-2H3,(H,17,18)/t9-/m1/s1. The van der Waals surface area contributed by atoms with Crippen LogP contribution in [0, 0.1) is 0 Å². The SMILES string of the molecule is COc1ccc(Cl)cc1NC(=O)[C@@H](C)OC(=O)c1ccsc1. The molecule has 0 spiro atoms. The molecule has 0 bridgehead atoms. The highest BCUT2D eigenvalue weighted by molar-refractivity contribution is 7.08. The third-order valence-electron chi connectivity index (χ3n) is 2.83. The number of halogens is 1. The van der Waals surface area contributed by atoms with Crippen LogP contribution in [0.4, 0.5) is 5.69 Å². The second-order valence-electron chi connectivity index (χ2n) is 4.39. The minimum Gasteiger partial charge on any atom is -0.495 e. The van der Waals surface area contributed by atoms with E-state index in [0.717, 1.165) is 0 Å². The molecule has 1 atom stereocenters. The van der Waals surface area contributed by atoms with E-state index in [4.69, 9.17) is 21.1 Å². The van der Waals surface area contributed by atoms with E-state index in [1.54, 1.807) is 35.0 Å². The van der Waals surface area contributed by atoms with E-state index in [0.29, 0.717) is 22.0 Å². The van der Waals surface area contributed by atoms with Crippen LogP contribution in [0.15, 0.2) is 35.0 Å². The van der Waals surface area contributed by atoms with Crippen molar-refractivity contribution in [2.45, 2.75) is 13.0 Å². The summed E-state index contributed by atoms with van der Waals surface area (Å²) in [5, 5.41) is 6.51. The van der Waals surface area contributed by atoms with E-state index in [2.05, 4.69) is 5.32 Å². The summed E-state index contributed by atoms with van der Waals surface area (Å²) in [4.78, 5) is 23.9. The lowest BCUT2D eigenvalue weighted by molar-refractivity contribution is -0.123. The van der Waals surface area contributed by atoms with E-state index < -0.39 is 18.0 Å². The van der Waals surface area contributed by atoms with E-state index in [9.17, 15) is 9.59 Å². The zero-order valence-corrected chi connectivity index (χ0v) is 13.5. The number of methoxy groups -OCH3 is 1. The van der Waals surface area contributed by atoms with Crippen LogP contribution in [0.2, 0.25) is 5.02 Å². The van der Waals surface area contributed by atoms with Gasteiger partial charge in [0.1, 0.15) is 5.75 Å². The molecule has 5 nitrogen and oxygen atoms in total. The van der Waals surface area contributed by atoms with Crippen molar-refractivity contribution in [2.24, 2.45) is 0 Å². The molecule has 0 aliphatic heterocycles. The fourth-order valence-electron chi connectivity index (χ4n) is 1.67. The molecule has 2 aromatic rings. The number of benzene rings is 1. The van der Waals surface area contributed by atoms with Gasteiger partial charge < -0.3 is 14.8 Å². The van der Waals surface area contributed by atoms with Crippen LogP contribution >= 0.6 is 22.9 Å². The third-order valence-corrected chi connectivity index (χ3v) is 3.75. The molecule has 0 saturated heterocycles. The summed E-state index contributed by atoms with van der Waals surface area (Å²) < 4.78 is 10.3. The molecule has 0 fully saturated rings. The lowest BCUT2D eigenvalue weighted by Gasteiger charge is -2.15. The quantitative estimate of drug-likeness (QED) is 0.845. The number of esters is 1. The number of thiophene rings is 1. The Labute approximate surface area is 136 Å². The maximum atomic E-state index is 12.1. The van der Waals surface area contributed by atoms with Crippen LogP contribution in [0.1, 0.15) is 17.3 Å². The lowest BCUT2D eigenvalue weighted by atomic mass is 10.2. The number of hydrogen-bond acceptors (Lipinski definition) is 5. The number of rotatable bonds is 5. The molecule has 0 saturated carbocycles. The number of hydrogen-bond donors (Lipinski definition) is 1. The Balaban J connectivity index is 2.02. The largest absolute Gasteiger partial charge is 0.495 e. The van der Waals surface area contributed by atoms with Gasteiger partial charge in [-0.15, -0.1) is 0 Å². The predicted molar refractivity (Wildman–Crippen MR) is 85.8 cm³/mol. The fraction of sp³-hybridized carbons (Fsp3) is 0.200. The van der Waals surface area contributed by atoms with Crippen LogP contribution in [-0.4, -0.2) is 25.1 Å². The smallest absolute Gasteiger partial charge is 0.339 e. The molecular weight excluding hydrogens is 326 g/mol. The van der Waals surface area contributed by atoms with Gasteiger partial charge >= 0.3 is 5.97 Å². The molecule has 2 rings (SSSR count). The second-order valence-corrected chi connectivity index (χ2v) is 5.61. The lowest BCUT2D eigenvalue weighted by Crippen LogP contribution is -2.30. The monoisotopic (exact) mass is 339 g/mol. The van der Waals surface area contributed by atoms with Crippen LogP contribution in [0.5, 0.6) is 5.75 Å². The maximum Gasteiger partial charge on any atom is 0.339 e. The number of nitrogens with one attached hydrogen (secondary N) is 1. The molecule has 116 valence electrons. The molecule has 0 aliphatic rings. The second kappa shape index (κ2) is 7.29. The highest BCUT2D eigenvalue weighted by Gasteiger charge is 2.20. The van der Waals surface area contributed by atoms with Gasteiger partial charge in [-0.1, -0.05) is 11.6 Å². The first-order chi connectivity index (χ1) is 10.5. The first-order valence-electron chi connectivity index (χ1n) is 6.39. The molecule has 0 unspecified atom stereocenters. The van der Waals surface area contributed by atoms with Gasteiger partial charge in [-0.25, -0.2) is 4.79 Å². The molecular formula is C15H14ClNO4S. The summed E-state index contributed by atoms with van der Waals surface area (Å²) in [6, 6.07) is 6.49. The molecule has 1 N–H and O–H groups in total. The van der Waals surface area contributed by atoms with E-state index in [1.165, 1.54) is 25.4 Å². The van der Waals surface area contributed by atoms with Crippen molar-refractivity contribution < 1.29 is 19.1 Å². The molecule has 7 heteroatoms. The minimum atomic E-state index is -0.948. The van der Waals surface area contributed by atoms with Crippen molar-refractivity contribution in [3.05, 3.63) is 45.6 Å². The van der Waals surface area contributed by atoms with Crippen molar-refractivity contribution in [3.8, 4) is 5.75 Å². The summed E-state index contributed by atoms with van der Waals surface area (Å²) in [5.74, 6) is -0.541. The zero-order valence-electron chi connectivity index (χ0n) is 12.0. The van der Waals surface area contributed by atoms with Crippen LogP contribution < -0.4 is 10.1 Å². The van der Waals surface area contributed by atoms with Crippen molar-refractivity contribution in [2.75, 3.05) is 12.4 Å². The predicted octanol–water partition coefficient (Wildman–Crippen LogP) is 3.59. The van der Waals surface area contributed by atoms with Gasteiger partial charge in [-0.3, -0.25) is 4.79 Å². The average Bonchev–Trinajstić information content (AvgIpc) is 3.01. The normalized spacial score (nSPS) is 11.6. The molecule has 0 radical (unpaired) electrons. The first kappa shape index (κ1) is 16.3. The van der Waals surface area contributed by atoms with Gasteiger partial charge in [0.25, 0.3) is 5.91 Å². The third kappa shape index (κ3) is 3.99. The Morgan fingerprint density at radius 3 is 2.73 bits per heavy atom. The fourth-order valence-corrected chi connectivity index (χ4v) is 2.47. The average molecular weight is 340 g/mol. The number of anilines is 1. The summed E-state index contributed by atoms with van der Waals surface area (Å²) in [6.45, 7) is 1.50. The Hall–Kier alpha value is -2.05. The number of amides is 1. The Bertz CT molecular complexity index is 672. The van der Waals surface area contributed by atoms with Crippen LogP contribution in [0.25, 0.3) is 0 Å². The molecule has 1 aromatic carbocycles. The van der Waals surface area contributed by atoms with Crippen LogP contribution in [-0.2, 0) is 9.53 Å². The topological polar surface area (TPSA) is 64.6 Å². The van der Waals surface area contributed by atoms with Crippen molar-refractivity contribution in [1.82, 2.24) is 0 Å². The Kier molecular flexibility index (Phi) is 5.41. The van der Waals surface area contributed by atoms with Gasteiger partial charge in [0.15, 0.2) is 6.10 Å². The highest BCUT2D eigenvalue weighted by Crippen LogP contribution is 2.27. The van der Waals surface area contributed by atoms with E-state index in [-0.39, 0.29) is 0 Å². The minimum absolute atomic E-state index is 0.415. The molecule has 1 heterocycles. The summed E-state index contributed by atoms with van der Waals surface area (Å²) >= 11 is 7.28. The molecule has 22 heavy (non-hydrogen) atoms. The number of ether oxygens (including phenoxy) is 2. The van der Waals surface area contributed by atoms with E-state index >= 15 is 0 Å². The number of carbonyl (C=O) groups excluding carboxylic acids is 2. The molecule has 1 aromatic heterocycles. The van der Waals surface area contributed by atoms with Gasteiger partial charge in [-0.05, 0) is 36.6 Å². The summed E-state index contributed by atoms with van der Waals surface area (Å²) in [6.07, 6.45) is -0.948. The van der Waals surface area contributed by atoms with Crippen LogP contribution in [0.3, 0.4) is 0 Å². The van der Waals surface area contributed by atoms with Crippen molar-refractivity contribution in [1.29, 1.82) is 0 Å². The van der Waals surface area contributed by atoms with Crippen molar-refractivity contribution >= 4 is 40.5 Å². The zero-order chi connectivity index (χ0) is 16.1. The highest BCUT2D eigenvalue weighted by atomic mass is 35.5. The maximum absolute atomic E-state index is 12.1. The summed E-state index contributed by atoms with van der Waals surface area (Å²) in [5.41, 5.74) is 0.836. The first-order valence-corrected chi connectivity index (χ1v) is 7.71. The van der Waals surface area contributed by atoms with Gasteiger partial charge in [0.05, 0.1) is 18.4 Å². The van der Waals surface area contributed by atoms with Gasteiger partial charge in [0, 0.05) is 10.4 Å².